The zero-order valence-corrected chi connectivity index (χ0v) is 22.8. The monoisotopic (exact) mass is 479 g/mol. The summed E-state index contributed by atoms with van der Waals surface area (Å²) in [5.74, 6) is 0.219. The molecule has 1 saturated carbocycles. The number of hydrogen-bond donors (Lipinski definition) is 2. The van der Waals surface area contributed by atoms with Crippen LogP contribution in [0.2, 0.25) is 0 Å². The van der Waals surface area contributed by atoms with Gasteiger partial charge in [0.2, 0.25) is 5.91 Å². The van der Waals surface area contributed by atoms with E-state index in [1.54, 1.807) is 0 Å². The second-order valence-corrected chi connectivity index (χ2v) is 10.9. The number of primary amides is 1. The maximum Gasteiger partial charge on any atom is 0.303 e. The zero-order chi connectivity index (χ0) is 25.4. The third kappa shape index (κ3) is 23.8. The standard InChI is InChI=1S/C22H42O2.C8H15NO/c1-21(2)19-17-15-13-11-9-7-5-3-4-6-8-10-12-14-16-18-20-22(23)24;1-6-2-4-7(5-3-6)8(9)10/h1,3-20H2,2H3,(H,23,24);6-7H,2-5H2,1H3,(H2,9,10). The maximum atomic E-state index is 10.7. The number of rotatable bonds is 20. The van der Waals surface area contributed by atoms with Crippen LogP contribution >= 0.6 is 0 Å². The summed E-state index contributed by atoms with van der Waals surface area (Å²) in [6.07, 6.45) is 27.0. The van der Waals surface area contributed by atoms with Crippen molar-refractivity contribution in [3.05, 3.63) is 12.2 Å². The summed E-state index contributed by atoms with van der Waals surface area (Å²) < 4.78 is 0. The predicted molar refractivity (Wildman–Crippen MR) is 146 cm³/mol. The fourth-order valence-corrected chi connectivity index (χ4v) is 4.72. The number of allylic oxidation sites excluding steroid dienone is 1. The molecule has 1 aliphatic carbocycles. The Kier molecular flexibility index (Phi) is 22.5. The molecule has 0 aromatic heterocycles. The normalized spacial score (nSPS) is 17.6. The molecule has 0 radical (unpaired) electrons. The summed E-state index contributed by atoms with van der Waals surface area (Å²) in [6, 6.07) is 0. The Hall–Kier alpha value is -1.32. The molecule has 0 bridgehead atoms. The molecule has 0 aromatic rings. The van der Waals surface area contributed by atoms with Crippen molar-refractivity contribution in [3.63, 3.8) is 0 Å². The van der Waals surface area contributed by atoms with Gasteiger partial charge >= 0.3 is 5.97 Å². The van der Waals surface area contributed by atoms with Gasteiger partial charge in [-0.25, -0.2) is 0 Å². The Bertz CT molecular complexity index is 479. The highest BCUT2D eigenvalue weighted by atomic mass is 16.4. The second-order valence-electron chi connectivity index (χ2n) is 10.9. The van der Waals surface area contributed by atoms with Gasteiger partial charge in [-0.1, -0.05) is 102 Å². The summed E-state index contributed by atoms with van der Waals surface area (Å²) in [5, 5.41) is 8.55. The van der Waals surface area contributed by atoms with Crippen LogP contribution in [0.3, 0.4) is 0 Å². The molecular weight excluding hydrogens is 422 g/mol. The van der Waals surface area contributed by atoms with Gasteiger partial charge in [0.1, 0.15) is 0 Å². The summed E-state index contributed by atoms with van der Waals surface area (Å²) in [4.78, 5) is 21.1. The highest BCUT2D eigenvalue weighted by Gasteiger charge is 2.21. The van der Waals surface area contributed by atoms with Gasteiger partial charge in [-0.05, 0) is 57.8 Å². The van der Waals surface area contributed by atoms with E-state index >= 15 is 0 Å². The number of carboxylic acid groups (broad SMARTS) is 1. The first-order valence-corrected chi connectivity index (χ1v) is 14.5. The van der Waals surface area contributed by atoms with Gasteiger partial charge in [0.25, 0.3) is 0 Å². The number of amides is 1. The molecule has 3 N–H and O–H groups in total. The molecule has 4 nitrogen and oxygen atoms in total. The quantitative estimate of drug-likeness (QED) is 0.135. The van der Waals surface area contributed by atoms with Gasteiger partial charge in [0.15, 0.2) is 0 Å². The first kappa shape index (κ1) is 32.7. The number of aliphatic carboxylic acids is 1. The van der Waals surface area contributed by atoms with E-state index in [0.717, 1.165) is 31.6 Å². The number of unbranched alkanes of at least 4 members (excludes halogenated alkanes) is 15. The van der Waals surface area contributed by atoms with Crippen molar-refractivity contribution in [1.82, 2.24) is 0 Å². The van der Waals surface area contributed by atoms with Gasteiger partial charge in [-0.15, -0.1) is 6.58 Å². The molecule has 0 saturated heterocycles. The van der Waals surface area contributed by atoms with Crippen molar-refractivity contribution >= 4 is 11.9 Å². The first-order chi connectivity index (χ1) is 16.3. The second kappa shape index (κ2) is 23.4. The summed E-state index contributed by atoms with van der Waals surface area (Å²) in [7, 11) is 0. The molecule has 1 fully saturated rings. The summed E-state index contributed by atoms with van der Waals surface area (Å²) >= 11 is 0. The molecule has 0 heterocycles. The van der Waals surface area contributed by atoms with E-state index in [-0.39, 0.29) is 11.8 Å². The Labute approximate surface area is 211 Å². The van der Waals surface area contributed by atoms with E-state index < -0.39 is 5.97 Å². The van der Waals surface area contributed by atoms with Crippen molar-refractivity contribution < 1.29 is 14.7 Å². The van der Waals surface area contributed by atoms with Crippen LogP contribution in [-0.4, -0.2) is 17.0 Å². The van der Waals surface area contributed by atoms with Crippen LogP contribution in [0.25, 0.3) is 0 Å². The minimum atomic E-state index is -0.655. The van der Waals surface area contributed by atoms with Crippen LogP contribution in [0, 0.1) is 11.8 Å². The SMILES string of the molecule is C=C(C)CCCCCCCCCCCCCCCCCCC(=O)O.CC1CCC(C(N)=O)CC1. The van der Waals surface area contributed by atoms with E-state index in [0.29, 0.717) is 6.42 Å². The van der Waals surface area contributed by atoms with E-state index in [1.807, 2.05) is 0 Å². The predicted octanol–water partition coefficient (Wildman–Crippen LogP) is 8.97. The third-order valence-corrected chi connectivity index (χ3v) is 7.16. The number of nitrogens with two attached hydrogens (primary N) is 1. The molecule has 1 aliphatic rings. The lowest BCUT2D eigenvalue weighted by Gasteiger charge is -2.23. The largest absolute Gasteiger partial charge is 0.481 e. The molecule has 34 heavy (non-hydrogen) atoms. The smallest absolute Gasteiger partial charge is 0.303 e. The van der Waals surface area contributed by atoms with Crippen LogP contribution in [-0.2, 0) is 9.59 Å². The minimum absolute atomic E-state index is 0.105. The minimum Gasteiger partial charge on any atom is -0.481 e. The number of hydrogen-bond acceptors (Lipinski definition) is 2. The highest BCUT2D eigenvalue weighted by molar-refractivity contribution is 5.76. The third-order valence-electron chi connectivity index (χ3n) is 7.16. The van der Waals surface area contributed by atoms with Gasteiger partial charge in [-0.3, -0.25) is 9.59 Å². The average molecular weight is 480 g/mol. The molecule has 1 amide bonds. The lowest BCUT2D eigenvalue weighted by atomic mass is 9.83. The van der Waals surface area contributed by atoms with Crippen LogP contribution in [0.4, 0.5) is 0 Å². The van der Waals surface area contributed by atoms with Gasteiger partial charge < -0.3 is 10.8 Å². The van der Waals surface area contributed by atoms with Gasteiger partial charge in [-0.2, -0.15) is 0 Å². The van der Waals surface area contributed by atoms with Crippen molar-refractivity contribution in [2.24, 2.45) is 17.6 Å². The van der Waals surface area contributed by atoms with Gasteiger partial charge in [0, 0.05) is 12.3 Å². The molecule has 4 heteroatoms. The van der Waals surface area contributed by atoms with E-state index in [1.165, 1.54) is 115 Å². The average Bonchev–Trinajstić information content (AvgIpc) is 2.78. The van der Waals surface area contributed by atoms with Crippen molar-refractivity contribution in [2.75, 3.05) is 0 Å². The Balaban J connectivity index is 0.000000896. The van der Waals surface area contributed by atoms with Crippen LogP contribution in [0.15, 0.2) is 12.2 Å². The first-order valence-electron chi connectivity index (χ1n) is 14.5. The van der Waals surface area contributed by atoms with Crippen LogP contribution in [0.5, 0.6) is 0 Å². The molecule has 0 unspecified atom stereocenters. The fourth-order valence-electron chi connectivity index (χ4n) is 4.72. The van der Waals surface area contributed by atoms with Crippen LogP contribution in [0.1, 0.15) is 155 Å². The van der Waals surface area contributed by atoms with E-state index in [2.05, 4.69) is 20.4 Å². The maximum absolute atomic E-state index is 10.7. The summed E-state index contributed by atoms with van der Waals surface area (Å²) in [6.45, 7) is 8.31. The Morgan fingerprint density at radius 1 is 0.676 bits per heavy atom. The van der Waals surface area contributed by atoms with E-state index in [4.69, 9.17) is 10.8 Å². The van der Waals surface area contributed by atoms with Crippen molar-refractivity contribution in [3.8, 4) is 0 Å². The van der Waals surface area contributed by atoms with Crippen LogP contribution < -0.4 is 5.73 Å². The molecule has 0 aliphatic heterocycles. The Morgan fingerprint density at radius 3 is 1.29 bits per heavy atom. The molecule has 1 rings (SSSR count). The zero-order valence-electron chi connectivity index (χ0n) is 22.8. The van der Waals surface area contributed by atoms with Gasteiger partial charge in [0.05, 0.1) is 0 Å². The van der Waals surface area contributed by atoms with Crippen molar-refractivity contribution in [2.45, 2.75) is 155 Å². The molecule has 0 aromatic carbocycles. The number of carbonyl (C=O) groups excluding carboxylic acids is 1. The number of carbonyl (C=O) groups is 2. The topological polar surface area (TPSA) is 80.4 Å². The number of carboxylic acids is 1. The summed E-state index contributed by atoms with van der Waals surface area (Å²) in [5.41, 5.74) is 6.50. The molecule has 0 spiro atoms. The fraction of sp³-hybridized carbons (Fsp3) is 0.867. The molecule has 200 valence electrons. The molecule has 0 atom stereocenters. The molecular formula is C30H57NO3. The van der Waals surface area contributed by atoms with Crippen molar-refractivity contribution in [1.29, 1.82) is 0 Å². The Morgan fingerprint density at radius 2 is 1.00 bits per heavy atom. The lowest BCUT2D eigenvalue weighted by Crippen LogP contribution is -2.26. The highest BCUT2D eigenvalue weighted by Crippen LogP contribution is 2.27. The lowest BCUT2D eigenvalue weighted by molar-refractivity contribution is -0.137. The van der Waals surface area contributed by atoms with E-state index in [9.17, 15) is 9.59 Å².